The maximum absolute atomic E-state index is 5.60. The molecule has 5 nitrogen and oxygen atoms in total. The van der Waals surface area contributed by atoms with Crippen molar-refractivity contribution in [3.05, 3.63) is 41.5 Å². The van der Waals surface area contributed by atoms with Gasteiger partial charge in [0, 0.05) is 5.38 Å². The van der Waals surface area contributed by atoms with Crippen molar-refractivity contribution in [3.8, 4) is 17.2 Å². The second-order valence-electron chi connectivity index (χ2n) is 4.93. The van der Waals surface area contributed by atoms with Gasteiger partial charge in [-0.25, -0.2) is 9.97 Å². The molecule has 7 heteroatoms. The Kier molecular flexibility index (Phi) is 3.51. The van der Waals surface area contributed by atoms with E-state index in [-0.39, 0.29) is 0 Å². The van der Waals surface area contributed by atoms with Crippen molar-refractivity contribution in [2.24, 2.45) is 0 Å². The number of hydrogen-bond donors (Lipinski definition) is 1. The predicted octanol–water partition coefficient (Wildman–Crippen LogP) is 5.07. The number of hydrogen-bond acceptors (Lipinski definition) is 7. The van der Waals surface area contributed by atoms with Crippen molar-refractivity contribution in [3.63, 3.8) is 0 Å². The highest BCUT2D eigenvalue weighted by Gasteiger charge is 2.10. The quantitative estimate of drug-likeness (QED) is 0.560. The minimum atomic E-state index is 0.779. The zero-order valence-corrected chi connectivity index (χ0v) is 14.1. The Labute approximate surface area is 140 Å². The summed E-state index contributed by atoms with van der Waals surface area (Å²) in [6.07, 6.45) is 0. The molecule has 0 aliphatic heterocycles. The number of aryl methyl sites for hydroxylation is 1. The van der Waals surface area contributed by atoms with Crippen molar-refractivity contribution in [1.29, 1.82) is 0 Å². The van der Waals surface area contributed by atoms with Crippen LogP contribution in [0.1, 0.15) is 5.76 Å². The van der Waals surface area contributed by atoms with E-state index >= 15 is 0 Å². The van der Waals surface area contributed by atoms with Gasteiger partial charge in [-0.05, 0) is 37.3 Å². The van der Waals surface area contributed by atoms with Crippen LogP contribution in [-0.4, -0.2) is 17.1 Å². The van der Waals surface area contributed by atoms with Crippen LogP contribution in [0.4, 0.5) is 10.3 Å². The lowest BCUT2D eigenvalue weighted by Crippen LogP contribution is -1.87. The van der Waals surface area contributed by atoms with Gasteiger partial charge in [0.25, 0.3) is 0 Å². The van der Waals surface area contributed by atoms with Crippen LogP contribution in [0.5, 0.6) is 5.75 Å². The molecule has 4 rings (SSSR count). The summed E-state index contributed by atoms with van der Waals surface area (Å²) in [5.74, 6) is 2.49. The predicted molar refractivity (Wildman–Crippen MR) is 94.0 cm³/mol. The van der Waals surface area contributed by atoms with E-state index in [0.29, 0.717) is 0 Å². The standard InChI is InChI=1S/C16H13N3O2S2/c1-9-3-6-13(21-9)12-8-22-15(18-12)19-16-17-11-5-4-10(20-2)7-14(11)23-16/h3-8H,1-2H3,(H,17,18,19). The third kappa shape index (κ3) is 2.80. The molecule has 0 amide bonds. The molecule has 23 heavy (non-hydrogen) atoms. The minimum absolute atomic E-state index is 0.779. The van der Waals surface area contributed by atoms with Gasteiger partial charge in [0.2, 0.25) is 0 Å². The molecule has 3 aromatic heterocycles. The fourth-order valence-electron chi connectivity index (χ4n) is 2.19. The number of rotatable bonds is 4. The molecule has 0 bridgehead atoms. The zero-order valence-electron chi connectivity index (χ0n) is 12.5. The molecule has 0 saturated carbocycles. The number of aromatic nitrogens is 2. The molecule has 0 aliphatic rings. The van der Waals surface area contributed by atoms with E-state index < -0.39 is 0 Å². The van der Waals surface area contributed by atoms with Crippen LogP contribution in [0.15, 0.2) is 40.1 Å². The second kappa shape index (κ2) is 5.68. The Morgan fingerprint density at radius 3 is 2.83 bits per heavy atom. The number of nitrogens with one attached hydrogen (secondary N) is 1. The number of nitrogens with zero attached hydrogens (tertiary/aromatic N) is 2. The average molecular weight is 343 g/mol. The van der Waals surface area contributed by atoms with Gasteiger partial charge in [0.05, 0.1) is 17.3 Å². The molecule has 0 fully saturated rings. The molecule has 0 radical (unpaired) electrons. The van der Waals surface area contributed by atoms with Gasteiger partial charge in [0.1, 0.15) is 17.2 Å². The number of benzene rings is 1. The van der Waals surface area contributed by atoms with E-state index in [1.165, 1.54) is 11.3 Å². The van der Waals surface area contributed by atoms with E-state index in [0.717, 1.165) is 43.4 Å². The van der Waals surface area contributed by atoms with Crippen molar-refractivity contribution < 1.29 is 9.15 Å². The van der Waals surface area contributed by atoms with Gasteiger partial charge in [-0.15, -0.1) is 11.3 Å². The first-order valence-electron chi connectivity index (χ1n) is 6.95. The molecule has 4 aromatic rings. The molecule has 1 N–H and O–H groups in total. The highest BCUT2D eigenvalue weighted by atomic mass is 32.1. The number of ether oxygens (including phenoxy) is 1. The van der Waals surface area contributed by atoms with Crippen LogP contribution < -0.4 is 10.1 Å². The summed E-state index contributed by atoms with van der Waals surface area (Å²) >= 11 is 3.10. The van der Waals surface area contributed by atoms with E-state index in [1.54, 1.807) is 18.4 Å². The minimum Gasteiger partial charge on any atom is -0.497 e. The van der Waals surface area contributed by atoms with Gasteiger partial charge in [-0.1, -0.05) is 11.3 Å². The molecule has 0 saturated heterocycles. The van der Waals surface area contributed by atoms with Crippen LogP contribution >= 0.6 is 22.7 Å². The van der Waals surface area contributed by atoms with E-state index in [2.05, 4.69) is 15.3 Å². The fourth-order valence-corrected chi connectivity index (χ4v) is 3.85. The Balaban J connectivity index is 1.59. The maximum atomic E-state index is 5.60. The lowest BCUT2D eigenvalue weighted by Gasteiger charge is -1.96. The first kappa shape index (κ1) is 14.2. The van der Waals surface area contributed by atoms with Gasteiger partial charge < -0.3 is 14.5 Å². The summed E-state index contributed by atoms with van der Waals surface area (Å²) in [5.41, 5.74) is 1.77. The molecule has 1 aromatic carbocycles. The topological polar surface area (TPSA) is 60.2 Å². The first-order chi connectivity index (χ1) is 11.2. The average Bonchev–Trinajstić information content (AvgIpc) is 3.25. The number of thiazole rings is 2. The Morgan fingerprint density at radius 1 is 1.13 bits per heavy atom. The summed E-state index contributed by atoms with van der Waals surface area (Å²) in [5, 5.41) is 6.83. The first-order valence-corrected chi connectivity index (χ1v) is 8.65. The van der Waals surface area contributed by atoms with Crippen LogP contribution in [0.2, 0.25) is 0 Å². The molecule has 3 heterocycles. The van der Waals surface area contributed by atoms with Crippen LogP contribution in [0, 0.1) is 6.92 Å². The van der Waals surface area contributed by atoms with E-state index in [4.69, 9.17) is 9.15 Å². The molecule has 0 atom stereocenters. The Bertz CT molecular complexity index is 971. The summed E-state index contributed by atoms with van der Waals surface area (Å²) in [7, 11) is 1.66. The molecule has 116 valence electrons. The normalized spacial score (nSPS) is 11.0. The van der Waals surface area contributed by atoms with Gasteiger partial charge >= 0.3 is 0 Å². The summed E-state index contributed by atoms with van der Waals surface area (Å²) < 4.78 is 11.9. The number of fused-ring (bicyclic) bond motifs is 1. The molecule has 0 aliphatic carbocycles. The number of methoxy groups -OCH3 is 1. The smallest absolute Gasteiger partial charge is 0.190 e. The van der Waals surface area contributed by atoms with Crippen molar-refractivity contribution in [2.75, 3.05) is 12.4 Å². The summed E-state index contributed by atoms with van der Waals surface area (Å²) in [6, 6.07) is 9.71. The van der Waals surface area contributed by atoms with Crippen molar-refractivity contribution in [1.82, 2.24) is 9.97 Å². The highest BCUT2D eigenvalue weighted by molar-refractivity contribution is 7.22. The monoisotopic (exact) mass is 343 g/mol. The van der Waals surface area contributed by atoms with Gasteiger partial charge in [-0.3, -0.25) is 0 Å². The summed E-state index contributed by atoms with van der Waals surface area (Å²) in [6.45, 7) is 1.92. The van der Waals surface area contributed by atoms with Crippen molar-refractivity contribution in [2.45, 2.75) is 6.92 Å². The SMILES string of the molecule is COc1ccc2nc(Nc3nc(-c4ccc(C)o4)cs3)sc2c1. The number of furan rings is 1. The van der Waals surface area contributed by atoms with Gasteiger partial charge in [-0.2, -0.15) is 0 Å². The van der Waals surface area contributed by atoms with Crippen LogP contribution in [0.3, 0.4) is 0 Å². The zero-order chi connectivity index (χ0) is 15.8. The second-order valence-corrected chi connectivity index (χ2v) is 6.81. The molecule has 0 unspecified atom stereocenters. The maximum Gasteiger partial charge on any atom is 0.190 e. The fraction of sp³-hybridized carbons (Fsp3) is 0.125. The largest absolute Gasteiger partial charge is 0.497 e. The molecule has 0 spiro atoms. The molecular weight excluding hydrogens is 330 g/mol. The third-order valence-corrected chi connectivity index (χ3v) is 5.00. The van der Waals surface area contributed by atoms with Crippen molar-refractivity contribution >= 4 is 43.2 Å². The Hall–Kier alpha value is -2.38. The third-order valence-electron chi connectivity index (χ3n) is 3.31. The van der Waals surface area contributed by atoms with E-state index in [9.17, 15) is 0 Å². The number of anilines is 2. The summed E-state index contributed by atoms with van der Waals surface area (Å²) in [4.78, 5) is 9.11. The lowest BCUT2D eigenvalue weighted by atomic mass is 10.3. The molecular formula is C16H13N3O2S2. The van der Waals surface area contributed by atoms with Crippen LogP contribution in [0.25, 0.3) is 21.7 Å². The highest BCUT2D eigenvalue weighted by Crippen LogP contribution is 2.33. The van der Waals surface area contributed by atoms with E-state index in [1.807, 2.05) is 42.6 Å². The lowest BCUT2D eigenvalue weighted by molar-refractivity contribution is 0.415. The Morgan fingerprint density at radius 2 is 2.04 bits per heavy atom. The van der Waals surface area contributed by atoms with Crippen LogP contribution in [-0.2, 0) is 0 Å². The van der Waals surface area contributed by atoms with Gasteiger partial charge in [0.15, 0.2) is 16.0 Å².